The summed E-state index contributed by atoms with van der Waals surface area (Å²) in [5, 5.41) is 4.51. The molecule has 0 unspecified atom stereocenters. The van der Waals surface area contributed by atoms with Crippen LogP contribution in [0.5, 0.6) is 0 Å². The lowest BCUT2D eigenvalue weighted by Crippen LogP contribution is -2.28. The van der Waals surface area contributed by atoms with Crippen LogP contribution in [0.2, 0.25) is 0 Å². The van der Waals surface area contributed by atoms with Crippen LogP contribution in [-0.4, -0.2) is 42.5 Å². The van der Waals surface area contributed by atoms with Gasteiger partial charge in [0.1, 0.15) is 16.2 Å². The largest absolute Gasteiger partial charge is 0.459 e. The highest BCUT2D eigenvalue weighted by atomic mass is 32.2. The number of nitrogens with zero attached hydrogens (tertiary/aromatic N) is 2. The van der Waals surface area contributed by atoms with Gasteiger partial charge in [0.25, 0.3) is 0 Å². The normalized spacial score (nSPS) is 16.0. The van der Waals surface area contributed by atoms with Crippen LogP contribution in [0.15, 0.2) is 63.0 Å². The quantitative estimate of drug-likeness (QED) is 0.559. The van der Waals surface area contributed by atoms with Crippen molar-refractivity contribution in [3.63, 3.8) is 0 Å². The molecule has 9 heteroatoms. The molecule has 3 aromatic rings. The maximum absolute atomic E-state index is 12.5. The molecule has 1 aromatic carbocycles. The van der Waals surface area contributed by atoms with Gasteiger partial charge >= 0.3 is 0 Å². The minimum atomic E-state index is -3.47. The maximum Gasteiger partial charge on any atom is 0.244 e. The van der Waals surface area contributed by atoms with Gasteiger partial charge in [-0.2, -0.15) is 4.31 Å². The second kappa shape index (κ2) is 8.79. The Morgan fingerprint density at radius 3 is 2.70 bits per heavy atom. The summed E-state index contributed by atoms with van der Waals surface area (Å²) >= 11 is 1.26. The van der Waals surface area contributed by atoms with E-state index in [1.54, 1.807) is 12.1 Å². The number of hydrogen-bond donors (Lipinski definition) is 1. The Balaban J connectivity index is 1.32. The van der Waals surface area contributed by atoms with Gasteiger partial charge in [-0.3, -0.25) is 4.79 Å². The van der Waals surface area contributed by atoms with E-state index in [9.17, 15) is 13.2 Å². The maximum atomic E-state index is 12.5. The number of pyridine rings is 1. The van der Waals surface area contributed by atoms with Crippen molar-refractivity contribution in [1.82, 2.24) is 14.6 Å². The summed E-state index contributed by atoms with van der Waals surface area (Å²) in [6, 6.07) is 12.6. The average molecular weight is 446 g/mol. The average Bonchev–Trinajstić information content (AvgIpc) is 3.43. The molecule has 0 saturated carbocycles. The van der Waals surface area contributed by atoms with E-state index < -0.39 is 10.0 Å². The predicted octanol–water partition coefficient (Wildman–Crippen LogP) is 3.58. The van der Waals surface area contributed by atoms with Crippen LogP contribution in [-0.2, 0) is 14.8 Å². The topological polar surface area (TPSA) is 92.5 Å². The van der Waals surface area contributed by atoms with Crippen LogP contribution in [0, 0.1) is 0 Å². The van der Waals surface area contributed by atoms with E-state index in [0.29, 0.717) is 23.9 Å². The Labute approximate surface area is 179 Å². The highest BCUT2D eigenvalue weighted by Crippen LogP contribution is 2.25. The fraction of sp³-hybridized carbons (Fsp3) is 0.333. The number of nitrogens with one attached hydrogen (secondary N) is 1. The molecule has 1 N–H and O–H groups in total. The zero-order chi connectivity index (χ0) is 21.1. The van der Waals surface area contributed by atoms with E-state index in [1.807, 2.05) is 37.3 Å². The van der Waals surface area contributed by atoms with Crippen LogP contribution >= 0.6 is 11.8 Å². The molecule has 1 aliphatic heterocycles. The molecule has 1 saturated heterocycles. The number of amides is 1. The molecule has 0 spiro atoms. The first-order valence-corrected chi connectivity index (χ1v) is 12.2. The number of rotatable bonds is 7. The molecule has 4 rings (SSSR count). The standard InChI is InChI=1S/C21H23N3O4S2/c1-15(19-12-16-6-2-3-7-18(16)28-19)23-20(25)14-29-21-9-8-17(13-22-21)30(26,27)24-10-4-5-11-24/h2-3,6-9,12-13,15H,4-5,10-11,14H2,1H3,(H,23,25)/t15-/m0/s1. The first kappa shape index (κ1) is 20.9. The van der Waals surface area contributed by atoms with Gasteiger partial charge in [0.05, 0.1) is 16.8 Å². The van der Waals surface area contributed by atoms with Crippen LogP contribution in [0.25, 0.3) is 11.0 Å². The molecule has 3 heterocycles. The van der Waals surface area contributed by atoms with Crippen molar-refractivity contribution < 1.29 is 17.6 Å². The molecular formula is C21H23N3O4S2. The molecular weight excluding hydrogens is 422 g/mol. The lowest BCUT2D eigenvalue weighted by atomic mass is 10.2. The molecule has 0 radical (unpaired) electrons. The van der Waals surface area contributed by atoms with Gasteiger partial charge in [-0.05, 0) is 44.0 Å². The van der Waals surface area contributed by atoms with E-state index in [2.05, 4.69) is 10.3 Å². The summed E-state index contributed by atoms with van der Waals surface area (Å²) in [7, 11) is -3.47. The zero-order valence-electron chi connectivity index (χ0n) is 16.6. The monoisotopic (exact) mass is 445 g/mol. The number of sulfonamides is 1. The van der Waals surface area contributed by atoms with E-state index in [1.165, 1.54) is 22.3 Å². The highest BCUT2D eigenvalue weighted by Gasteiger charge is 2.27. The number of thioether (sulfide) groups is 1. The summed E-state index contributed by atoms with van der Waals surface area (Å²) in [5.74, 6) is 0.725. The summed E-state index contributed by atoms with van der Waals surface area (Å²) in [4.78, 5) is 16.7. The van der Waals surface area contributed by atoms with Crippen LogP contribution in [0.3, 0.4) is 0 Å². The molecule has 1 aliphatic rings. The van der Waals surface area contributed by atoms with Gasteiger partial charge in [0.15, 0.2) is 0 Å². The number of furan rings is 1. The van der Waals surface area contributed by atoms with Crippen molar-refractivity contribution in [3.05, 3.63) is 54.4 Å². The third-order valence-corrected chi connectivity index (χ3v) is 7.84. The van der Waals surface area contributed by atoms with E-state index >= 15 is 0 Å². The van der Waals surface area contributed by atoms with Crippen molar-refractivity contribution in [3.8, 4) is 0 Å². The minimum Gasteiger partial charge on any atom is -0.459 e. The minimum absolute atomic E-state index is 0.150. The summed E-state index contributed by atoms with van der Waals surface area (Å²) in [6.07, 6.45) is 3.15. The molecule has 2 aromatic heterocycles. The van der Waals surface area contributed by atoms with Crippen molar-refractivity contribution >= 4 is 38.7 Å². The van der Waals surface area contributed by atoms with Gasteiger partial charge in [0, 0.05) is 24.7 Å². The lowest BCUT2D eigenvalue weighted by Gasteiger charge is -2.15. The van der Waals surface area contributed by atoms with E-state index in [-0.39, 0.29) is 22.6 Å². The molecule has 7 nitrogen and oxygen atoms in total. The number of benzene rings is 1. The SMILES string of the molecule is C[C@H](NC(=O)CSc1ccc(S(=O)(=O)N2CCCC2)cn1)c1cc2ccccc2o1. The van der Waals surface area contributed by atoms with E-state index in [4.69, 9.17) is 4.42 Å². The number of fused-ring (bicyclic) bond motifs is 1. The summed E-state index contributed by atoms with van der Waals surface area (Å²) in [5.41, 5.74) is 0.788. The van der Waals surface area contributed by atoms with Crippen molar-refractivity contribution in [1.29, 1.82) is 0 Å². The fourth-order valence-electron chi connectivity index (χ4n) is 3.39. The fourth-order valence-corrected chi connectivity index (χ4v) is 5.51. The Morgan fingerprint density at radius 2 is 2.00 bits per heavy atom. The Bertz CT molecular complexity index is 1100. The van der Waals surface area contributed by atoms with Gasteiger partial charge in [-0.15, -0.1) is 0 Å². The zero-order valence-corrected chi connectivity index (χ0v) is 18.2. The second-order valence-corrected chi connectivity index (χ2v) is 10.1. The van der Waals surface area contributed by atoms with Gasteiger partial charge in [-0.25, -0.2) is 13.4 Å². The summed E-state index contributed by atoms with van der Waals surface area (Å²) < 4.78 is 32.4. The van der Waals surface area contributed by atoms with Crippen molar-refractivity contribution in [2.45, 2.75) is 35.7 Å². The summed E-state index contributed by atoms with van der Waals surface area (Å²) in [6.45, 7) is 2.99. The van der Waals surface area contributed by atoms with Gasteiger partial charge in [-0.1, -0.05) is 30.0 Å². The first-order chi connectivity index (χ1) is 14.4. The highest BCUT2D eigenvalue weighted by molar-refractivity contribution is 7.99. The number of aromatic nitrogens is 1. The smallest absolute Gasteiger partial charge is 0.244 e. The molecule has 1 atom stereocenters. The number of hydrogen-bond acceptors (Lipinski definition) is 6. The van der Waals surface area contributed by atoms with Crippen molar-refractivity contribution in [2.24, 2.45) is 0 Å². The van der Waals surface area contributed by atoms with Gasteiger partial charge < -0.3 is 9.73 Å². The lowest BCUT2D eigenvalue weighted by molar-refractivity contribution is -0.119. The Morgan fingerprint density at radius 1 is 1.23 bits per heavy atom. The van der Waals surface area contributed by atoms with Crippen LogP contribution in [0.1, 0.15) is 31.6 Å². The molecule has 1 amide bonds. The molecule has 0 aliphatic carbocycles. The molecule has 158 valence electrons. The second-order valence-electron chi connectivity index (χ2n) is 7.21. The third kappa shape index (κ3) is 4.53. The molecule has 1 fully saturated rings. The van der Waals surface area contributed by atoms with Crippen LogP contribution in [0.4, 0.5) is 0 Å². The number of carbonyl (C=O) groups excluding carboxylic acids is 1. The van der Waals surface area contributed by atoms with Crippen molar-refractivity contribution in [2.75, 3.05) is 18.8 Å². The third-order valence-electron chi connectivity index (χ3n) is 5.01. The van der Waals surface area contributed by atoms with E-state index in [0.717, 1.165) is 23.8 Å². The van der Waals surface area contributed by atoms with Crippen LogP contribution < -0.4 is 5.32 Å². The predicted molar refractivity (Wildman–Crippen MR) is 116 cm³/mol. The number of para-hydroxylation sites is 1. The Kier molecular flexibility index (Phi) is 6.12. The first-order valence-electron chi connectivity index (χ1n) is 9.80. The Hall–Kier alpha value is -2.36. The molecule has 0 bridgehead atoms. The number of carbonyl (C=O) groups is 1. The van der Waals surface area contributed by atoms with Gasteiger partial charge in [0.2, 0.25) is 15.9 Å². The molecule has 30 heavy (non-hydrogen) atoms.